The summed E-state index contributed by atoms with van der Waals surface area (Å²) < 4.78 is 31.7. The van der Waals surface area contributed by atoms with Gasteiger partial charge >= 0.3 is 23.9 Å². The lowest BCUT2D eigenvalue weighted by Crippen LogP contribution is -2.44. The minimum Gasteiger partial charge on any atom is -0.463 e. The van der Waals surface area contributed by atoms with Crippen molar-refractivity contribution in [3.8, 4) is 0 Å². The molecule has 0 aliphatic heterocycles. The van der Waals surface area contributed by atoms with Crippen LogP contribution in [0.25, 0.3) is 0 Å². The average molecular weight is 1250 g/mol. The molecule has 0 saturated heterocycles. The molecule has 0 spiro atoms. The van der Waals surface area contributed by atoms with Crippen LogP contribution in [0.4, 0.5) is 0 Å². The van der Waals surface area contributed by atoms with E-state index in [-0.39, 0.29) is 109 Å². The van der Waals surface area contributed by atoms with E-state index in [0.29, 0.717) is 51.9 Å². The molecule has 6 unspecified atom stereocenters. The van der Waals surface area contributed by atoms with Crippen molar-refractivity contribution in [2.24, 2.45) is 27.6 Å². The number of ether oxygens (including phenoxy) is 6. The van der Waals surface area contributed by atoms with Crippen molar-refractivity contribution in [1.82, 2.24) is 0 Å². The van der Waals surface area contributed by atoms with Gasteiger partial charge in [0, 0.05) is 5.92 Å². The Morgan fingerprint density at radius 2 is 0.874 bits per heavy atom. The molecule has 22 heteroatoms. The molecule has 22 nitrogen and oxygen atoms in total. The molecule has 6 atom stereocenters. The molecule has 0 bridgehead atoms. The van der Waals surface area contributed by atoms with Gasteiger partial charge in [0.25, 0.3) is 0 Å². The van der Waals surface area contributed by atoms with Gasteiger partial charge in [0.05, 0.1) is 60.8 Å². The van der Waals surface area contributed by atoms with Crippen LogP contribution in [0.15, 0.2) is 73.4 Å². The minimum atomic E-state index is -0.794. The maximum Gasteiger partial charge on any atom is 0.311 e. The Bertz CT molecular complexity index is 1960. The van der Waals surface area contributed by atoms with Gasteiger partial charge in [0.15, 0.2) is 12.2 Å². The first-order valence-corrected chi connectivity index (χ1v) is 30.0. The molecule has 0 amide bonds. The fourth-order valence-electron chi connectivity index (χ4n) is 5.56. The molecule has 0 aromatic rings. The quantitative estimate of drug-likeness (QED) is 0.0143. The third-order valence-electron chi connectivity index (χ3n) is 13.0. The Morgan fingerprint density at radius 1 is 0.483 bits per heavy atom. The largest absolute Gasteiger partial charge is 0.463 e. The molecular formula is C65H116O22. The van der Waals surface area contributed by atoms with Crippen LogP contribution in [-0.2, 0) is 96.5 Å². The third kappa shape index (κ3) is 46.5. The average Bonchev–Trinajstić information content (AvgIpc) is 3.00. The predicted molar refractivity (Wildman–Crippen MR) is 332 cm³/mol. The number of aliphatic hydroxyl groups is 2. The van der Waals surface area contributed by atoms with Crippen LogP contribution in [0.1, 0.15) is 163 Å². The van der Waals surface area contributed by atoms with Crippen molar-refractivity contribution < 1.29 is 107 Å². The number of aliphatic hydroxyl groups excluding tert-OH is 2. The Kier molecular flexibility index (Phi) is 49.5. The minimum absolute atomic E-state index is 0.00881. The summed E-state index contributed by atoms with van der Waals surface area (Å²) in [5.41, 5.74) is 2.14. The topological polar surface area (TPSA) is 256 Å². The molecule has 2 N–H and O–H groups in total. The van der Waals surface area contributed by atoms with Crippen LogP contribution in [-0.4, -0.2) is 164 Å². The van der Waals surface area contributed by atoms with Gasteiger partial charge in [-0.2, -0.15) is 0 Å². The van der Waals surface area contributed by atoms with Crippen molar-refractivity contribution in [3.63, 3.8) is 0 Å². The smallest absolute Gasteiger partial charge is 0.311 e. The summed E-state index contributed by atoms with van der Waals surface area (Å²) in [5.74, 6) is -1.13. The Hall–Kier alpha value is -4.24. The van der Waals surface area contributed by atoms with Gasteiger partial charge in [-0.25, -0.2) is 48.9 Å². The SMILES string of the molecule is C=C(C)COOCC(COC(=O)C(C)(C)CC)OOCC(=C)C.C=C(C)COOCC(O)COCCOC(=O)C(C)(C)CC.C=C(C)COOCC1CCCC(OC(=O)C(C)(C)CC)C1O.C=CCOCC(COC(=O)C(C)(C)CC)OOCC(=C)C. The van der Waals surface area contributed by atoms with Gasteiger partial charge in [-0.15, -0.1) is 6.58 Å². The molecular weight excluding hydrogens is 1130 g/mol. The molecule has 87 heavy (non-hydrogen) atoms. The van der Waals surface area contributed by atoms with E-state index in [2.05, 4.69) is 39.5 Å². The third-order valence-corrected chi connectivity index (χ3v) is 13.0. The van der Waals surface area contributed by atoms with Crippen LogP contribution in [0.2, 0.25) is 0 Å². The summed E-state index contributed by atoms with van der Waals surface area (Å²) in [5, 5.41) is 19.9. The normalized spacial score (nSPS) is 16.1. The summed E-state index contributed by atoms with van der Waals surface area (Å²) in [6.45, 7) is 56.7. The molecule has 0 aromatic carbocycles. The number of hydrogen-bond acceptors (Lipinski definition) is 22. The summed E-state index contributed by atoms with van der Waals surface area (Å²) >= 11 is 0. The zero-order chi connectivity index (χ0) is 67.2. The molecule has 1 aliphatic rings. The van der Waals surface area contributed by atoms with Gasteiger partial charge < -0.3 is 38.6 Å². The first-order chi connectivity index (χ1) is 40.6. The Morgan fingerprint density at radius 3 is 1.30 bits per heavy atom. The van der Waals surface area contributed by atoms with Crippen LogP contribution in [0.5, 0.6) is 0 Å². The van der Waals surface area contributed by atoms with Crippen LogP contribution < -0.4 is 0 Å². The molecule has 1 rings (SSSR count). The van der Waals surface area contributed by atoms with E-state index in [1.54, 1.807) is 6.08 Å². The predicted octanol–water partition coefficient (Wildman–Crippen LogP) is 11.3. The molecule has 508 valence electrons. The van der Waals surface area contributed by atoms with Crippen molar-refractivity contribution >= 4 is 23.9 Å². The highest BCUT2D eigenvalue weighted by molar-refractivity contribution is 5.77. The van der Waals surface area contributed by atoms with Crippen LogP contribution in [0.3, 0.4) is 0 Å². The second kappa shape index (κ2) is 49.5. The zero-order valence-electron chi connectivity index (χ0n) is 56.4. The van der Waals surface area contributed by atoms with E-state index in [1.807, 2.05) is 118 Å². The van der Waals surface area contributed by atoms with Crippen molar-refractivity contribution in [2.75, 3.05) is 99.1 Å². The van der Waals surface area contributed by atoms with Crippen molar-refractivity contribution in [2.45, 2.75) is 193 Å². The fraction of sp³-hybridized carbons (Fsp3) is 0.754. The van der Waals surface area contributed by atoms with Gasteiger partial charge in [-0.3, -0.25) is 19.2 Å². The van der Waals surface area contributed by atoms with E-state index in [9.17, 15) is 29.4 Å². The van der Waals surface area contributed by atoms with E-state index in [1.165, 1.54) is 0 Å². The zero-order valence-corrected chi connectivity index (χ0v) is 56.4. The van der Waals surface area contributed by atoms with Gasteiger partial charge in [-0.05, 0) is 135 Å². The van der Waals surface area contributed by atoms with E-state index >= 15 is 0 Å². The maximum atomic E-state index is 12.2. The number of esters is 4. The maximum absolute atomic E-state index is 12.2. The fourth-order valence-corrected chi connectivity index (χ4v) is 5.56. The first kappa shape index (κ1) is 87.0. The molecule has 0 radical (unpaired) electrons. The summed E-state index contributed by atoms with van der Waals surface area (Å²) in [7, 11) is 0. The van der Waals surface area contributed by atoms with Gasteiger partial charge in [0.2, 0.25) is 0 Å². The molecule has 1 saturated carbocycles. The van der Waals surface area contributed by atoms with Crippen LogP contribution >= 0.6 is 0 Å². The number of rotatable bonds is 45. The number of hydrogen-bond donors (Lipinski definition) is 2. The summed E-state index contributed by atoms with van der Waals surface area (Å²) in [4.78, 5) is 97.9. The molecule has 0 heterocycles. The Balaban J connectivity index is -0.00000108. The van der Waals surface area contributed by atoms with E-state index in [0.717, 1.165) is 40.7 Å². The first-order valence-electron chi connectivity index (χ1n) is 30.0. The molecule has 1 aliphatic carbocycles. The van der Waals surface area contributed by atoms with Crippen molar-refractivity contribution in [3.05, 3.63) is 73.4 Å². The van der Waals surface area contributed by atoms with Crippen molar-refractivity contribution in [1.29, 1.82) is 0 Å². The van der Waals surface area contributed by atoms with Gasteiger partial charge in [-0.1, -0.05) is 94.5 Å². The standard InChI is InChI=1S/C17H30O6.C17H30O5.C16H28O5.C15H28O6/c1-8-17(6,7)16(18)19-11-15(23-22-10-14(4)5)12-21-20-9-13(2)3;1-6-17(4,5)16(19)22-14-9-7-8-13(15(14)18)11-21-20-10-12(2)3;1-7-9-18-11-14(21-20-10-13(3)4)12-19-15(17)16(5,6)8-2;1-6-15(4,5)14(17)19-8-7-18-10-13(16)11-21-20-9-12(2)3/h15H,2,4,8-12H2,1,3,5-7H3;13-15,18H,2,6-11H2,1,3-5H3;7,14H,1,3,8-12H2,2,4-6H3;13,16H,2,6-11H2,1,3-5H3. The highest BCUT2D eigenvalue weighted by atomic mass is 17.2. The van der Waals surface area contributed by atoms with Gasteiger partial charge in [0.1, 0.15) is 78.3 Å². The lowest BCUT2D eigenvalue weighted by Gasteiger charge is -2.35. The molecule has 0 aromatic heterocycles. The summed E-state index contributed by atoms with van der Waals surface area (Å²) in [6, 6.07) is 0. The van der Waals surface area contributed by atoms with E-state index in [4.69, 9.17) is 77.3 Å². The number of carbonyl (C=O) groups is 4. The highest BCUT2D eigenvalue weighted by Crippen LogP contribution is 2.31. The second-order valence-electron chi connectivity index (χ2n) is 24.3. The second-order valence-corrected chi connectivity index (χ2v) is 24.3. The lowest BCUT2D eigenvalue weighted by molar-refractivity contribution is -0.364. The van der Waals surface area contributed by atoms with E-state index < -0.39 is 52.2 Å². The highest BCUT2D eigenvalue weighted by Gasteiger charge is 2.38. The van der Waals surface area contributed by atoms with Crippen LogP contribution in [0, 0.1) is 27.6 Å². The Labute approximate surface area is 522 Å². The number of carbonyl (C=O) groups excluding carboxylic acids is 4. The molecule has 1 fully saturated rings. The lowest BCUT2D eigenvalue weighted by atomic mass is 9.84. The monoisotopic (exact) mass is 1250 g/mol. The summed E-state index contributed by atoms with van der Waals surface area (Å²) in [6.07, 6.45) is 3.82.